The molecule has 0 bridgehead atoms. The van der Waals surface area contributed by atoms with E-state index >= 15 is 0 Å². The molecule has 7 nitrogen and oxygen atoms in total. The first kappa shape index (κ1) is 17.2. The molecule has 1 amide bonds. The van der Waals surface area contributed by atoms with E-state index in [1.807, 2.05) is 0 Å². The molecule has 2 N–H and O–H groups in total. The lowest BCUT2D eigenvalue weighted by Gasteiger charge is -2.31. The Morgan fingerprint density at radius 1 is 1.48 bits per heavy atom. The molecule has 2 heterocycles. The van der Waals surface area contributed by atoms with Gasteiger partial charge in [0.25, 0.3) is 0 Å². The molecule has 128 valence electrons. The van der Waals surface area contributed by atoms with Gasteiger partial charge >= 0.3 is 12.7 Å². The van der Waals surface area contributed by atoms with Crippen molar-refractivity contribution in [1.82, 2.24) is 10.3 Å². The number of rotatable bonds is 3. The van der Waals surface area contributed by atoms with Gasteiger partial charge in [0.05, 0.1) is 6.04 Å². The van der Waals surface area contributed by atoms with Crippen LogP contribution in [0.15, 0.2) is 12.1 Å². The summed E-state index contributed by atoms with van der Waals surface area (Å²) in [5, 5.41) is 12.5. The van der Waals surface area contributed by atoms with Crippen LogP contribution in [0.5, 0.6) is 11.8 Å². The summed E-state index contributed by atoms with van der Waals surface area (Å²) in [5.41, 5.74) is -0.354. The Morgan fingerprint density at radius 3 is 2.78 bits per heavy atom. The van der Waals surface area contributed by atoms with Crippen molar-refractivity contribution in [2.24, 2.45) is 0 Å². The van der Waals surface area contributed by atoms with Gasteiger partial charge in [-0.3, -0.25) is 0 Å². The van der Waals surface area contributed by atoms with Crippen molar-refractivity contribution >= 4 is 6.09 Å². The van der Waals surface area contributed by atoms with Crippen molar-refractivity contribution in [3.63, 3.8) is 0 Å². The minimum absolute atomic E-state index is 0.00880. The molecule has 1 aliphatic heterocycles. The third-order valence-electron chi connectivity index (χ3n) is 2.86. The maximum atomic E-state index is 12.2. The van der Waals surface area contributed by atoms with Gasteiger partial charge in [0.1, 0.15) is 18.3 Å². The zero-order valence-corrected chi connectivity index (χ0v) is 12.9. The Morgan fingerprint density at radius 2 is 2.17 bits per heavy atom. The van der Waals surface area contributed by atoms with Gasteiger partial charge in [0.2, 0.25) is 11.8 Å². The molecule has 0 spiro atoms. The summed E-state index contributed by atoms with van der Waals surface area (Å²) < 4.78 is 38.9. The summed E-state index contributed by atoms with van der Waals surface area (Å²) in [4.78, 5) is 15.7. The number of aliphatic hydroxyl groups excluding tert-OH is 1. The Bertz CT molecular complexity index is 577. The minimum Gasteiger partial charge on any atom is -0.474 e. The lowest BCUT2D eigenvalue weighted by atomic mass is 10.0. The average Bonchev–Trinajstić information content (AvgIpc) is 2.39. The number of hydrogen-bond donors (Lipinski definition) is 2. The van der Waals surface area contributed by atoms with E-state index in [2.05, 4.69) is 15.0 Å². The van der Waals surface area contributed by atoms with Crippen molar-refractivity contribution in [2.45, 2.75) is 45.1 Å². The predicted octanol–water partition coefficient (Wildman–Crippen LogP) is 2.00. The van der Waals surface area contributed by atoms with Gasteiger partial charge in [-0.15, -0.1) is 0 Å². The molecule has 1 aliphatic rings. The third-order valence-corrected chi connectivity index (χ3v) is 2.86. The molecule has 1 aromatic heterocycles. The molecule has 0 aliphatic carbocycles. The average molecular weight is 332 g/mol. The van der Waals surface area contributed by atoms with Gasteiger partial charge < -0.3 is 24.6 Å². The van der Waals surface area contributed by atoms with Crippen LogP contribution in [-0.4, -0.2) is 41.1 Å². The van der Waals surface area contributed by atoms with Crippen LogP contribution in [0.1, 0.15) is 32.4 Å². The van der Waals surface area contributed by atoms with E-state index in [1.54, 1.807) is 20.8 Å². The molecule has 0 radical (unpaired) electrons. The zero-order valence-electron chi connectivity index (χ0n) is 12.9. The molecular weight excluding hydrogens is 314 g/mol. The second kappa shape index (κ2) is 6.53. The largest absolute Gasteiger partial charge is 0.474 e. The summed E-state index contributed by atoms with van der Waals surface area (Å²) in [6.45, 7) is 1.95. The highest BCUT2D eigenvalue weighted by Crippen LogP contribution is 2.32. The highest BCUT2D eigenvalue weighted by molar-refractivity contribution is 5.68. The van der Waals surface area contributed by atoms with Crippen LogP contribution in [-0.2, 0) is 4.74 Å². The lowest BCUT2D eigenvalue weighted by molar-refractivity contribution is -0.0535. The maximum Gasteiger partial charge on any atom is 0.408 e. The van der Waals surface area contributed by atoms with Crippen LogP contribution in [0.4, 0.5) is 13.6 Å². The highest BCUT2D eigenvalue weighted by Gasteiger charge is 2.33. The topological polar surface area (TPSA) is 89.9 Å². The van der Waals surface area contributed by atoms with Crippen LogP contribution in [0.3, 0.4) is 0 Å². The predicted molar refractivity (Wildman–Crippen MR) is 74.5 cm³/mol. The Balaban J connectivity index is 2.17. The van der Waals surface area contributed by atoms with E-state index in [0.29, 0.717) is 5.56 Å². The SMILES string of the molecule is CC(C)(C)OC(=O)N[C@H]1c2ccc(OC(F)F)nc2OC[C@H]1O. The van der Waals surface area contributed by atoms with E-state index in [4.69, 9.17) is 9.47 Å². The molecule has 0 saturated carbocycles. The van der Waals surface area contributed by atoms with Crippen molar-refractivity contribution in [3.8, 4) is 11.8 Å². The number of fused-ring (bicyclic) bond motifs is 1. The van der Waals surface area contributed by atoms with Crippen molar-refractivity contribution < 1.29 is 32.9 Å². The molecule has 9 heteroatoms. The molecule has 0 aromatic carbocycles. The Kier molecular flexibility index (Phi) is 4.88. The van der Waals surface area contributed by atoms with Gasteiger partial charge in [-0.25, -0.2) is 4.79 Å². The number of pyridine rings is 1. The van der Waals surface area contributed by atoms with Gasteiger partial charge in [0, 0.05) is 11.6 Å². The van der Waals surface area contributed by atoms with Gasteiger partial charge in [-0.1, -0.05) is 0 Å². The monoisotopic (exact) mass is 332 g/mol. The number of amides is 1. The molecular formula is C14H18F2N2O5. The standard InChI is InChI=1S/C14H18F2N2O5/c1-14(2,3)23-13(20)18-10-7-4-5-9(22-12(15)16)17-11(7)21-6-8(10)19/h4-5,8,10,12,19H,6H2,1-3H3,(H,18,20)/t8-,10+/m1/s1. The molecule has 0 unspecified atom stereocenters. The zero-order chi connectivity index (χ0) is 17.2. The van der Waals surface area contributed by atoms with E-state index in [1.165, 1.54) is 12.1 Å². The third kappa shape index (κ3) is 4.65. The normalized spacial score (nSPS) is 20.5. The fraction of sp³-hybridized carbons (Fsp3) is 0.571. The number of aliphatic hydroxyl groups is 1. The summed E-state index contributed by atoms with van der Waals surface area (Å²) in [5.74, 6) is -0.305. The van der Waals surface area contributed by atoms with Gasteiger partial charge in [0.15, 0.2) is 0 Å². The number of hydrogen-bond acceptors (Lipinski definition) is 6. The van der Waals surface area contributed by atoms with Gasteiger partial charge in [-0.05, 0) is 26.8 Å². The van der Waals surface area contributed by atoms with Gasteiger partial charge in [-0.2, -0.15) is 13.8 Å². The second-order valence-electron chi connectivity index (χ2n) is 5.92. The van der Waals surface area contributed by atoms with Crippen LogP contribution in [0.25, 0.3) is 0 Å². The van der Waals surface area contributed by atoms with Crippen molar-refractivity contribution in [3.05, 3.63) is 17.7 Å². The number of halogens is 2. The molecule has 0 saturated heterocycles. The first-order chi connectivity index (χ1) is 10.7. The van der Waals surface area contributed by atoms with Crippen LogP contribution in [0, 0.1) is 0 Å². The number of aromatic nitrogens is 1. The molecule has 2 atom stereocenters. The fourth-order valence-corrected chi connectivity index (χ4v) is 2.02. The fourth-order valence-electron chi connectivity index (χ4n) is 2.02. The van der Waals surface area contributed by atoms with Crippen LogP contribution in [0.2, 0.25) is 0 Å². The lowest BCUT2D eigenvalue weighted by Crippen LogP contribution is -2.44. The summed E-state index contributed by atoms with van der Waals surface area (Å²) in [6, 6.07) is 1.77. The number of nitrogens with one attached hydrogen (secondary N) is 1. The summed E-state index contributed by atoms with van der Waals surface area (Å²) in [6.07, 6.45) is -1.75. The number of alkyl carbamates (subject to hydrolysis) is 1. The minimum atomic E-state index is -3.01. The van der Waals surface area contributed by atoms with E-state index in [-0.39, 0.29) is 18.4 Å². The number of ether oxygens (including phenoxy) is 3. The number of nitrogens with zero attached hydrogens (tertiary/aromatic N) is 1. The van der Waals surface area contributed by atoms with Crippen LogP contribution >= 0.6 is 0 Å². The molecule has 2 rings (SSSR count). The Labute approximate surface area is 131 Å². The van der Waals surface area contributed by atoms with Crippen molar-refractivity contribution in [1.29, 1.82) is 0 Å². The first-order valence-corrected chi connectivity index (χ1v) is 6.92. The van der Waals surface area contributed by atoms with Crippen molar-refractivity contribution in [2.75, 3.05) is 6.61 Å². The molecule has 1 aromatic rings. The number of carbonyl (C=O) groups is 1. The quantitative estimate of drug-likeness (QED) is 0.880. The van der Waals surface area contributed by atoms with E-state index in [9.17, 15) is 18.7 Å². The summed E-state index contributed by atoms with van der Waals surface area (Å²) in [7, 11) is 0. The first-order valence-electron chi connectivity index (χ1n) is 6.92. The van der Waals surface area contributed by atoms with E-state index in [0.717, 1.165) is 0 Å². The van der Waals surface area contributed by atoms with E-state index < -0.39 is 30.5 Å². The smallest absolute Gasteiger partial charge is 0.408 e. The highest BCUT2D eigenvalue weighted by atomic mass is 19.3. The number of alkyl halides is 2. The summed E-state index contributed by atoms with van der Waals surface area (Å²) >= 11 is 0. The maximum absolute atomic E-state index is 12.2. The molecule has 0 fully saturated rings. The Hall–Kier alpha value is -2.16. The molecule has 23 heavy (non-hydrogen) atoms. The second-order valence-corrected chi connectivity index (χ2v) is 5.92. The number of carbonyl (C=O) groups excluding carboxylic acids is 1. The van der Waals surface area contributed by atoms with Crippen LogP contribution < -0.4 is 14.8 Å².